The molecule has 1 aliphatic rings. The molecule has 2 aromatic rings. The maximum Gasteiger partial charge on any atom is 0.230 e. The molecule has 1 aromatic heterocycles. The number of anilines is 1. The van der Waals surface area contributed by atoms with Crippen LogP contribution in [0.25, 0.3) is 0 Å². The third kappa shape index (κ3) is 2.63. The molecule has 1 aromatic carbocycles. The fourth-order valence-corrected chi connectivity index (χ4v) is 2.42. The summed E-state index contributed by atoms with van der Waals surface area (Å²) in [4.78, 5) is 16.2. The van der Waals surface area contributed by atoms with Crippen LogP contribution < -0.4 is 5.32 Å². The Morgan fingerprint density at radius 3 is 2.76 bits per heavy atom. The summed E-state index contributed by atoms with van der Waals surface area (Å²) in [5, 5.41) is 6.74. The Morgan fingerprint density at radius 1 is 1.38 bits per heavy atom. The number of aromatic nitrogens is 3. The van der Waals surface area contributed by atoms with Crippen LogP contribution in [0.2, 0.25) is 0 Å². The third-order valence-corrected chi connectivity index (χ3v) is 3.60. The van der Waals surface area contributed by atoms with Crippen LogP contribution in [0.3, 0.4) is 0 Å². The van der Waals surface area contributed by atoms with Crippen LogP contribution in [-0.4, -0.2) is 20.7 Å². The highest BCUT2D eigenvalue weighted by Gasteiger charge is 2.44. The Bertz CT molecular complexity index is 713. The molecule has 1 saturated carbocycles. The molecule has 21 heavy (non-hydrogen) atoms. The highest BCUT2D eigenvalue weighted by Crippen LogP contribution is 2.48. The number of nitrogens with zero attached hydrogens (tertiary/aromatic N) is 3. The van der Waals surface area contributed by atoms with Gasteiger partial charge in [0, 0.05) is 13.0 Å². The fourth-order valence-electron chi connectivity index (χ4n) is 2.42. The van der Waals surface area contributed by atoms with Gasteiger partial charge in [-0.25, -0.2) is 13.5 Å². The van der Waals surface area contributed by atoms with E-state index in [9.17, 15) is 13.6 Å². The first-order chi connectivity index (χ1) is 9.95. The molecular weight excluding hydrogens is 278 g/mol. The third-order valence-electron chi connectivity index (χ3n) is 3.60. The topological polar surface area (TPSA) is 59.8 Å². The zero-order chi connectivity index (χ0) is 15.1. The normalized spacial score (nSPS) is 20.4. The highest BCUT2D eigenvalue weighted by molar-refractivity contribution is 5.93. The summed E-state index contributed by atoms with van der Waals surface area (Å²) in [5.74, 6) is -1.31. The summed E-state index contributed by atoms with van der Waals surface area (Å²) in [6, 6.07) is 3.76. The van der Waals surface area contributed by atoms with Gasteiger partial charge in [-0.15, -0.1) is 0 Å². The Kier molecular flexibility index (Phi) is 3.19. The molecule has 1 N–H and O–H groups in total. The predicted molar refractivity (Wildman–Crippen MR) is 71.6 cm³/mol. The SMILES string of the molecule is Cc1nc(NC(=O)[C@@H]2C[C@H]2c2ccc(F)c(F)c2)n(C)n1. The zero-order valence-electron chi connectivity index (χ0n) is 11.6. The number of amides is 1. The predicted octanol–water partition coefficient (Wildman–Crippen LogP) is 2.14. The second kappa shape index (κ2) is 4.91. The number of aryl methyl sites for hydroxylation is 2. The van der Waals surface area contributed by atoms with E-state index in [4.69, 9.17) is 0 Å². The lowest BCUT2D eigenvalue weighted by atomic mass is 10.1. The molecule has 0 unspecified atom stereocenters. The van der Waals surface area contributed by atoms with E-state index >= 15 is 0 Å². The van der Waals surface area contributed by atoms with Gasteiger partial charge >= 0.3 is 0 Å². The van der Waals surface area contributed by atoms with Crippen LogP contribution in [-0.2, 0) is 11.8 Å². The van der Waals surface area contributed by atoms with Crippen molar-refractivity contribution in [3.63, 3.8) is 0 Å². The molecular formula is C14H14F2N4O. The molecule has 1 fully saturated rings. The summed E-state index contributed by atoms with van der Waals surface area (Å²) in [5.41, 5.74) is 0.642. The van der Waals surface area contributed by atoms with Gasteiger partial charge in [0.15, 0.2) is 11.6 Å². The molecule has 0 radical (unpaired) electrons. The first-order valence-electron chi connectivity index (χ1n) is 6.59. The monoisotopic (exact) mass is 292 g/mol. The smallest absolute Gasteiger partial charge is 0.230 e. The van der Waals surface area contributed by atoms with E-state index in [2.05, 4.69) is 15.4 Å². The van der Waals surface area contributed by atoms with E-state index in [1.54, 1.807) is 14.0 Å². The number of hydrogen-bond acceptors (Lipinski definition) is 3. The van der Waals surface area contributed by atoms with Crippen LogP contribution in [0.5, 0.6) is 0 Å². The van der Waals surface area contributed by atoms with E-state index in [0.717, 1.165) is 12.1 Å². The first kappa shape index (κ1) is 13.7. The van der Waals surface area contributed by atoms with E-state index in [-0.39, 0.29) is 17.7 Å². The average Bonchev–Trinajstić information content (AvgIpc) is 3.15. The second-order valence-corrected chi connectivity index (χ2v) is 5.22. The molecule has 1 heterocycles. The Hall–Kier alpha value is -2.31. The van der Waals surface area contributed by atoms with E-state index in [1.807, 2.05) is 0 Å². The Balaban J connectivity index is 1.68. The van der Waals surface area contributed by atoms with Crippen LogP contribution in [0, 0.1) is 24.5 Å². The summed E-state index contributed by atoms with van der Waals surface area (Å²) < 4.78 is 27.6. The van der Waals surface area contributed by atoms with Crippen molar-refractivity contribution in [1.29, 1.82) is 0 Å². The van der Waals surface area contributed by atoms with Gasteiger partial charge in [-0.2, -0.15) is 10.1 Å². The van der Waals surface area contributed by atoms with E-state index in [0.29, 0.717) is 23.8 Å². The van der Waals surface area contributed by atoms with Gasteiger partial charge in [0.1, 0.15) is 5.82 Å². The fraction of sp³-hybridized carbons (Fsp3) is 0.357. The summed E-state index contributed by atoms with van der Waals surface area (Å²) >= 11 is 0. The van der Waals surface area contributed by atoms with Crippen molar-refractivity contribution < 1.29 is 13.6 Å². The summed E-state index contributed by atoms with van der Waals surface area (Å²) in [6.07, 6.45) is 0.619. The van der Waals surface area contributed by atoms with Crippen molar-refractivity contribution >= 4 is 11.9 Å². The van der Waals surface area contributed by atoms with Crippen molar-refractivity contribution in [2.75, 3.05) is 5.32 Å². The molecule has 1 aliphatic carbocycles. The van der Waals surface area contributed by atoms with Crippen LogP contribution in [0.1, 0.15) is 23.7 Å². The van der Waals surface area contributed by atoms with Crippen LogP contribution in [0.4, 0.5) is 14.7 Å². The van der Waals surface area contributed by atoms with Crippen molar-refractivity contribution in [2.45, 2.75) is 19.3 Å². The minimum Gasteiger partial charge on any atom is -0.294 e. The summed E-state index contributed by atoms with van der Waals surface area (Å²) in [6.45, 7) is 1.73. The molecule has 0 spiro atoms. The second-order valence-electron chi connectivity index (χ2n) is 5.22. The lowest BCUT2D eigenvalue weighted by molar-refractivity contribution is -0.117. The van der Waals surface area contributed by atoms with E-state index < -0.39 is 11.6 Å². The largest absolute Gasteiger partial charge is 0.294 e. The minimum atomic E-state index is -0.887. The molecule has 7 heteroatoms. The molecule has 5 nitrogen and oxygen atoms in total. The highest BCUT2D eigenvalue weighted by atomic mass is 19.2. The zero-order valence-corrected chi connectivity index (χ0v) is 11.6. The minimum absolute atomic E-state index is 0.0746. The van der Waals surface area contributed by atoms with Gasteiger partial charge in [0.2, 0.25) is 11.9 Å². The standard InChI is InChI=1S/C14H14F2N4O/c1-7-17-14(20(2)19-7)18-13(21)10-6-9(10)8-3-4-11(15)12(16)5-8/h3-5,9-10H,6H2,1-2H3,(H,17,18,19,21)/t9-,10+/m0/s1. The molecule has 1 amide bonds. The molecule has 110 valence electrons. The number of carbonyl (C=O) groups excluding carboxylic acids is 1. The van der Waals surface area contributed by atoms with Gasteiger partial charge in [-0.3, -0.25) is 10.1 Å². The maximum absolute atomic E-state index is 13.2. The maximum atomic E-state index is 13.2. The molecule has 3 rings (SSSR count). The molecule has 0 saturated heterocycles. The van der Waals surface area contributed by atoms with Crippen molar-refractivity contribution in [3.8, 4) is 0 Å². The summed E-state index contributed by atoms with van der Waals surface area (Å²) in [7, 11) is 1.69. The molecule has 0 aliphatic heterocycles. The lowest BCUT2D eigenvalue weighted by Crippen LogP contribution is -2.17. The van der Waals surface area contributed by atoms with Crippen LogP contribution in [0.15, 0.2) is 18.2 Å². The van der Waals surface area contributed by atoms with E-state index in [1.165, 1.54) is 10.7 Å². The van der Waals surface area contributed by atoms with Crippen molar-refractivity contribution in [2.24, 2.45) is 13.0 Å². The molecule has 0 bridgehead atoms. The van der Waals surface area contributed by atoms with Gasteiger partial charge in [-0.1, -0.05) is 6.07 Å². The number of benzene rings is 1. The first-order valence-corrected chi connectivity index (χ1v) is 6.59. The van der Waals surface area contributed by atoms with Crippen LogP contribution >= 0.6 is 0 Å². The number of rotatable bonds is 3. The Labute approximate surface area is 120 Å². The number of hydrogen-bond donors (Lipinski definition) is 1. The van der Waals surface area contributed by atoms with Crippen molar-refractivity contribution in [3.05, 3.63) is 41.2 Å². The van der Waals surface area contributed by atoms with Gasteiger partial charge in [0.05, 0.1) is 0 Å². The Morgan fingerprint density at radius 2 is 2.14 bits per heavy atom. The van der Waals surface area contributed by atoms with Gasteiger partial charge < -0.3 is 0 Å². The molecule has 2 atom stereocenters. The number of carbonyl (C=O) groups is 1. The van der Waals surface area contributed by atoms with Crippen molar-refractivity contribution in [1.82, 2.24) is 14.8 Å². The quantitative estimate of drug-likeness (QED) is 0.943. The number of halogens is 2. The average molecular weight is 292 g/mol. The van der Waals surface area contributed by atoms with Gasteiger partial charge in [0.25, 0.3) is 0 Å². The number of nitrogens with one attached hydrogen (secondary N) is 1. The lowest BCUT2D eigenvalue weighted by Gasteiger charge is -2.04. The van der Waals surface area contributed by atoms with Gasteiger partial charge in [-0.05, 0) is 37.0 Å².